The van der Waals surface area contributed by atoms with Crippen LogP contribution < -0.4 is 16.6 Å². The molecule has 1 aromatic carbocycles. The Morgan fingerprint density at radius 2 is 1.91 bits per heavy atom. The first-order chi connectivity index (χ1) is 10.7. The highest BCUT2D eigenvalue weighted by atomic mass is 33.1. The van der Waals surface area contributed by atoms with Crippen molar-refractivity contribution in [3.8, 4) is 0 Å². The SMILES string of the molecule is NNC(=O)c1ccc(NC(=O)CCCOC2CSSC2)cc1. The summed E-state index contributed by atoms with van der Waals surface area (Å²) in [6, 6.07) is 6.56. The van der Waals surface area contributed by atoms with Gasteiger partial charge in [-0.25, -0.2) is 5.84 Å². The van der Waals surface area contributed by atoms with E-state index in [4.69, 9.17) is 10.6 Å². The topological polar surface area (TPSA) is 93.5 Å². The molecule has 0 aliphatic carbocycles. The number of nitrogens with two attached hydrogens (primary N) is 1. The molecule has 1 aliphatic heterocycles. The van der Waals surface area contributed by atoms with E-state index in [1.807, 2.05) is 21.6 Å². The first-order valence-electron chi connectivity index (χ1n) is 6.96. The molecule has 8 heteroatoms. The van der Waals surface area contributed by atoms with Crippen molar-refractivity contribution in [2.45, 2.75) is 18.9 Å². The van der Waals surface area contributed by atoms with Gasteiger partial charge in [-0.05, 0) is 30.7 Å². The Bertz CT molecular complexity index is 505. The summed E-state index contributed by atoms with van der Waals surface area (Å²) in [7, 11) is 3.66. The molecule has 0 unspecified atom stereocenters. The zero-order valence-electron chi connectivity index (χ0n) is 12.0. The smallest absolute Gasteiger partial charge is 0.265 e. The van der Waals surface area contributed by atoms with Gasteiger partial charge in [0.25, 0.3) is 5.91 Å². The molecule has 6 nitrogen and oxygen atoms in total. The van der Waals surface area contributed by atoms with E-state index in [2.05, 4.69) is 10.7 Å². The van der Waals surface area contributed by atoms with Crippen molar-refractivity contribution in [2.75, 3.05) is 23.4 Å². The van der Waals surface area contributed by atoms with E-state index in [0.29, 0.717) is 36.8 Å². The molecule has 1 aromatic rings. The average molecular weight is 341 g/mol. The first kappa shape index (κ1) is 17.1. The summed E-state index contributed by atoms with van der Waals surface area (Å²) < 4.78 is 5.68. The van der Waals surface area contributed by atoms with E-state index >= 15 is 0 Å². The lowest BCUT2D eigenvalue weighted by Crippen LogP contribution is -2.29. The Morgan fingerprint density at radius 3 is 2.55 bits per heavy atom. The number of carbonyl (C=O) groups is 2. The van der Waals surface area contributed by atoms with Crippen LogP contribution in [-0.4, -0.2) is 36.0 Å². The van der Waals surface area contributed by atoms with Gasteiger partial charge in [-0.15, -0.1) is 0 Å². The molecule has 0 bridgehead atoms. The minimum atomic E-state index is -0.363. The van der Waals surface area contributed by atoms with Gasteiger partial charge in [0, 0.05) is 35.8 Å². The number of ether oxygens (including phenoxy) is 1. The molecule has 1 aliphatic rings. The fourth-order valence-corrected chi connectivity index (χ4v) is 4.45. The Morgan fingerprint density at radius 1 is 1.23 bits per heavy atom. The Balaban J connectivity index is 1.66. The third-order valence-electron chi connectivity index (χ3n) is 3.05. The van der Waals surface area contributed by atoms with Crippen molar-refractivity contribution in [2.24, 2.45) is 5.84 Å². The maximum Gasteiger partial charge on any atom is 0.265 e. The average Bonchev–Trinajstić information content (AvgIpc) is 3.05. The number of hydrogen-bond acceptors (Lipinski definition) is 6. The van der Waals surface area contributed by atoms with Crippen LogP contribution in [0.15, 0.2) is 24.3 Å². The van der Waals surface area contributed by atoms with Crippen LogP contribution in [0.1, 0.15) is 23.2 Å². The summed E-state index contributed by atoms with van der Waals surface area (Å²) in [5.41, 5.74) is 3.16. The number of hydrazine groups is 1. The van der Waals surface area contributed by atoms with Crippen LogP contribution in [0, 0.1) is 0 Å². The highest BCUT2D eigenvalue weighted by Crippen LogP contribution is 2.32. The van der Waals surface area contributed by atoms with E-state index in [1.54, 1.807) is 24.3 Å². The van der Waals surface area contributed by atoms with Crippen molar-refractivity contribution < 1.29 is 14.3 Å². The summed E-state index contributed by atoms with van der Waals surface area (Å²) in [5, 5.41) is 2.79. The lowest BCUT2D eigenvalue weighted by atomic mass is 10.2. The fraction of sp³-hybridized carbons (Fsp3) is 0.429. The van der Waals surface area contributed by atoms with Gasteiger partial charge in [-0.2, -0.15) is 0 Å². The molecule has 0 radical (unpaired) electrons. The third-order valence-corrected chi connectivity index (χ3v) is 5.55. The number of amides is 2. The van der Waals surface area contributed by atoms with Crippen molar-refractivity contribution in [1.82, 2.24) is 5.43 Å². The van der Waals surface area contributed by atoms with Gasteiger partial charge in [0.15, 0.2) is 0 Å². The highest BCUT2D eigenvalue weighted by Gasteiger charge is 2.16. The summed E-state index contributed by atoms with van der Waals surface area (Å²) in [6.45, 7) is 0.606. The van der Waals surface area contributed by atoms with Gasteiger partial charge in [-0.3, -0.25) is 15.0 Å². The number of carbonyl (C=O) groups excluding carboxylic acids is 2. The predicted octanol–water partition coefficient (Wildman–Crippen LogP) is 1.79. The van der Waals surface area contributed by atoms with Crippen LogP contribution in [0.5, 0.6) is 0 Å². The molecule has 2 rings (SSSR count). The lowest BCUT2D eigenvalue weighted by Gasteiger charge is -2.09. The molecular weight excluding hydrogens is 322 g/mol. The summed E-state index contributed by atoms with van der Waals surface area (Å²) in [4.78, 5) is 23.1. The Kier molecular flexibility index (Phi) is 7.04. The van der Waals surface area contributed by atoms with Crippen LogP contribution in [0.4, 0.5) is 5.69 Å². The first-order valence-corrected chi connectivity index (χ1v) is 9.44. The second kappa shape index (κ2) is 9.04. The van der Waals surface area contributed by atoms with Crippen molar-refractivity contribution in [3.05, 3.63) is 29.8 Å². The maximum atomic E-state index is 11.8. The van der Waals surface area contributed by atoms with Crippen LogP contribution in [0.25, 0.3) is 0 Å². The van der Waals surface area contributed by atoms with Gasteiger partial charge in [0.2, 0.25) is 5.91 Å². The second-order valence-corrected chi connectivity index (χ2v) is 7.32. The molecule has 0 saturated carbocycles. The van der Waals surface area contributed by atoms with Gasteiger partial charge in [0.05, 0.1) is 6.10 Å². The molecule has 4 N–H and O–H groups in total. The minimum Gasteiger partial charge on any atom is -0.376 e. The lowest BCUT2D eigenvalue weighted by molar-refractivity contribution is -0.116. The van der Waals surface area contributed by atoms with Gasteiger partial charge in [-0.1, -0.05) is 21.6 Å². The van der Waals surface area contributed by atoms with Gasteiger partial charge < -0.3 is 10.1 Å². The molecular formula is C14H19N3O3S2. The molecule has 22 heavy (non-hydrogen) atoms. The molecule has 0 aromatic heterocycles. The molecule has 1 heterocycles. The van der Waals surface area contributed by atoms with Crippen molar-refractivity contribution >= 4 is 39.1 Å². The van der Waals surface area contributed by atoms with Crippen molar-refractivity contribution in [3.63, 3.8) is 0 Å². The minimum absolute atomic E-state index is 0.0604. The summed E-state index contributed by atoms with van der Waals surface area (Å²) in [6.07, 6.45) is 1.43. The van der Waals surface area contributed by atoms with Gasteiger partial charge in [0.1, 0.15) is 0 Å². The largest absolute Gasteiger partial charge is 0.376 e. The van der Waals surface area contributed by atoms with Crippen LogP contribution in [0.3, 0.4) is 0 Å². The molecule has 0 spiro atoms. The zero-order valence-corrected chi connectivity index (χ0v) is 13.7. The molecule has 1 fully saturated rings. The van der Waals surface area contributed by atoms with Crippen LogP contribution in [-0.2, 0) is 9.53 Å². The predicted molar refractivity (Wildman–Crippen MR) is 90.6 cm³/mol. The number of hydrogen-bond donors (Lipinski definition) is 3. The highest BCUT2D eigenvalue weighted by molar-refractivity contribution is 8.77. The monoisotopic (exact) mass is 341 g/mol. The fourth-order valence-electron chi connectivity index (χ4n) is 1.89. The number of nitrogen functional groups attached to an aromatic ring is 1. The number of anilines is 1. The molecule has 0 atom stereocenters. The Hall–Kier alpha value is -1.22. The maximum absolute atomic E-state index is 11.8. The molecule has 120 valence electrons. The number of rotatable bonds is 7. The number of benzene rings is 1. The second-order valence-electron chi connectivity index (χ2n) is 4.76. The van der Waals surface area contributed by atoms with E-state index in [-0.39, 0.29) is 11.8 Å². The van der Waals surface area contributed by atoms with E-state index < -0.39 is 0 Å². The van der Waals surface area contributed by atoms with Crippen LogP contribution >= 0.6 is 21.6 Å². The number of nitrogens with one attached hydrogen (secondary N) is 2. The third kappa shape index (κ3) is 5.53. The van der Waals surface area contributed by atoms with Gasteiger partial charge >= 0.3 is 0 Å². The normalized spacial score (nSPS) is 14.8. The summed E-state index contributed by atoms with van der Waals surface area (Å²) in [5.74, 6) is 6.68. The molecule has 2 amide bonds. The Labute approximate surface area is 137 Å². The van der Waals surface area contributed by atoms with E-state index in [0.717, 1.165) is 11.5 Å². The van der Waals surface area contributed by atoms with Crippen molar-refractivity contribution in [1.29, 1.82) is 0 Å². The quantitative estimate of drug-likeness (QED) is 0.230. The van der Waals surface area contributed by atoms with Crippen LogP contribution in [0.2, 0.25) is 0 Å². The summed E-state index contributed by atoms with van der Waals surface area (Å²) >= 11 is 0. The van der Waals surface area contributed by atoms with E-state index in [9.17, 15) is 9.59 Å². The standard InChI is InChI=1S/C14H19N3O3S2/c15-17-14(19)10-3-5-11(6-4-10)16-13(18)2-1-7-20-12-8-21-22-9-12/h3-6,12H,1-2,7-9,15H2,(H,16,18)(H,17,19). The zero-order chi connectivity index (χ0) is 15.8. The molecule has 1 saturated heterocycles. The van der Waals surface area contributed by atoms with E-state index in [1.165, 1.54) is 0 Å².